The van der Waals surface area contributed by atoms with E-state index < -0.39 is 0 Å². The second-order valence-electron chi connectivity index (χ2n) is 6.52. The number of rotatable bonds is 2. The summed E-state index contributed by atoms with van der Waals surface area (Å²) in [6, 6.07) is 0.591. The van der Waals surface area contributed by atoms with Crippen molar-refractivity contribution in [3.05, 3.63) is 6.20 Å². The molecule has 1 atom stereocenters. The van der Waals surface area contributed by atoms with Crippen molar-refractivity contribution in [2.45, 2.75) is 23.5 Å². The monoisotopic (exact) mass is 362 g/mol. The van der Waals surface area contributed by atoms with Crippen molar-refractivity contribution in [1.29, 1.82) is 0 Å². The molecule has 0 amide bonds. The number of nitrogens with one attached hydrogen (secondary N) is 1. The van der Waals surface area contributed by atoms with Gasteiger partial charge in [0.25, 0.3) is 6.02 Å². The van der Waals surface area contributed by atoms with Crippen LogP contribution >= 0.6 is 23.1 Å². The van der Waals surface area contributed by atoms with Crippen LogP contribution in [0.3, 0.4) is 0 Å². The number of anilines is 1. The molecule has 6 heterocycles. The first-order valence-electron chi connectivity index (χ1n) is 8.14. The Labute approximate surface area is 147 Å². The lowest BCUT2D eigenvalue weighted by Crippen LogP contribution is -2.61. The Bertz CT molecular complexity index is 815. The molecule has 0 aliphatic carbocycles. The Hall–Kier alpha value is -1.45. The fraction of sp³-hybridized carbons (Fsp3) is 0.600. The predicted octanol–water partition coefficient (Wildman–Crippen LogP) is 2.07. The van der Waals surface area contributed by atoms with E-state index in [-0.39, 0.29) is 5.60 Å². The molecule has 2 aromatic rings. The maximum atomic E-state index is 6.29. The fourth-order valence-corrected chi connectivity index (χ4v) is 5.08. The number of aromatic nitrogens is 3. The van der Waals surface area contributed by atoms with Gasteiger partial charge in [-0.05, 0) is 32.2 Å². The number of thioether (sulfide) groups is 1. The second kappa shape index (κ2) is 5.53. The van der Waals surface area contributed by atoms with E-state index in [9.17, 15) is 0 Å². The van der Waals surface area contributed by atoms with E-state index in [2.05, 4.69) is 30.2 Å². The Kier molecular flexibility index (Phi) is 3.43. The van der Waals surface area contributed by atoms with Crippen molar-refractivity contribution in [2.75, 3.05) is 37.8 Å². The molecule has 0 saturated carbocycles. The van der Waals surface area contributed by atoms with Crippen LogP contribution in [0.25, 0.3) is 10.5 Å². The van der Waals surface area contributed by atoms with Gasteiger partial charge in [-0.25, -0.2) is 15.0 Å². The van der Waals surface area contributed by atoms with Crippen LogP contribution in [0, 0.1) is 5.92 Å². The molecule has 4 aliphatic heterocycles. The van der Waals surface area contributed by atoms with Gasteiger partial charge in [-0.3, -0.25) is 10.2 Å². The van der Waals surface area contributed by atoms with Crippen molar-refractivity contribution in [1.82, 2.24) is 19.9 Å². The minimum Gasteiger partial charge on any atom is -0.455 e. The summed E-state index contributed by atoms with van der Waals surface area (Å²) in [7, 11) is 0. The first-order valence-corrected chi connectivity index (χ1v) is 10.2. The van der Waals surface area contributed by atoms with E-state index in [0.29, 0.717) is 17.6 Å². The summed E-state index contributed by atoms with van der Waals surface area (Å²) in [6.45, 7) is 4.14. The molecule has 1 spiro atoms. The maximum absolute atomic E-state index is 6.29. The molecule has 3 saturated heterocycles. The van der Waals surface area contributed by atoms with Crippen LogP contribution in [-0.2, 0) is 4.74 Å². The molecule has 3 fully saturated rings. The summed E-state index contributed by atoms with van der Waals surface area (Å²) in [5, 5.41) is 4.87. The average Bonchev–Trinajstić information content (AvgIpc) is 3.19. The Balaban J connectivity index is 1.34. The third-order valence-electron chi connectivity index (χ3n) is 5.14. The first kappa shape index (κ1) is 14.9. The van der Waals surface area contributed by atoms with Gasteiger partial charge in [0, 0.05) is 12.5 Å². The number of hydrogen-bond donors (Lipinski definition) is 1. The molecule has 0 radical (unpaired) electrons. The van der Waals surface area contributed by atoms with Crippen LogP contribution in [0.1, 0.15) is 12.8 Å². The normalized spacial score (nSPS) is 31.5. The standard InChI is InChI=1S/C15H18N6OS2/c1-23-10-6-16-11-12(18-10)24-14(19-11)20-13-17-7-15(22-13)8-21-4-2-9(15)3-5-21/h6,9H,2-5,7-8H2,1H3,(H,16,17,19,20). The van der Waals surface area contributed by atoms with Crippen molar-refractivity contribution in [3.8, 4) is 0 Å². The lowest BCUT2D eigenvalue weighted by Gasteiger charge is -2.50. The number of aliphatic imine (C=N–C) groups is 1. The number of hydrogen-bond acceptors (Lipinski definition) is 9. The quantitative estimate of drug-likeness (QED) is 0.820. The van der Waals surface area contributed by atoms with Gasteiger partial charge in [0.05, 0.1) is 12.7 Å². The molecule has 126 valence electrons. The van der Waals surface area contributed by atoms with Gasteiger partial charge in [0.15, 0.2) is 15.6 Å². The molecule has 4 aliphatic rings. The van der Waals surface area contributed by atoms with Crippen molar-refractivity contribution >= 4 is 44.7 Å². The zero-order valence-corrected chi connectivity index (χ0v) is 15.0. The van der Waals surface area contributed by atoms with E-state index in [1.54, 1.807) is 18.0 Å². The zero-order chi connectivity index (χ0) is 16.1. The van der Waals surface area contributed by atoms with E-state index in [1.165, 1.54) is 37.3 Å². The molecular weight excluding hydrogens is 344 g/mol. The molecule has 24 heavy (non-hydrogen) atoms. The summed E-state index contributed by atoms with van der Waals surface area (Å²) in [6.07, 6.45) is 6.18. The van der Waals surface area contributed by atoms with Gasteiger partial charge >= 0.3 is 0 Å². The number of ether oxygens (including phenoxy) is 1. The van der Waals surface area contributed by atoms with Crippen molar-refractivity contribution in [3.63, 3.8) is 0 Å². The van der Waals surface area contributed by atoms with E-state index >= 15 is 0 Å². The molecule has 7 nitrogen and oxygen atoms in total. The van der Waals surface area contributed by atoms with Crippen LogP contribution in [0.5, 0.6) is 0 Å². The number of thiazole rings is 1. The maximum Gasteiger partial charge on any atom is 0.291 e. The van der Waals surface area contributed by atoms with Crippen LogP contribution in [0.15, 0.2) is 16.2 Å². The summed E-state index contributed by atoms with van der Waals surface area (Å²) < 4.78 is 6.29. The summed E-state index contributed by atoms with van der Waals surface area (Å²) in [4.78, 5) is 21.3. The highest BCUT2D eigenvalue weighted by molar-refractivity contribution is 7.98. The predicted molar refractivity (Wildman–Crippen MR) is 95.9 cm³/mol. The molecule has 2 aromatic heterocycles. The third kappa shape index (κ3) is 2.37. The molecule has 9 heteroatoms. The Morgan fingerprint density at radius 2 is 2.25 bits per heavy atom. The summed E-state index contributed by atoms with van der Waals surface area (Å²) in [5.74, 6) is 0.619. The molecular formula is C15H18N6OS2. The van der Waals surface area contributed by atoms with Crippen LogP contribution < -0.4 is 5.32 Å². The molecule has 6 rings (SSSR count). The van der Waals surface area contributed by atoms with Gasteiger partial charge in [-0.15, -0.1) is 11.8 Å². The fourth-order valence-electron chi connectivity index (χ4n) is 3.90. The molecule has 1 unspecified atom stereocenters. The highest BCUT2D eigenvalue weighted by atomic mass is 32.2. The Morgan fingerprint density at radius 3 is 3.00 bits per heavy atom. The SMILES string of the molecule is CSc1cnc2nc(NC3=NCC4(CN5CCC4CC5)O3)sc2n1. The third-order valence-corrected chi connectivity index (χ3v) is 6.61. The first-order chi connectivity index (χ1) is 11.7. The average molecular weight is 362 g/mol. The van der Waals surface area contributed by atoms with Crippen LogP contribution in [0.4, 0.5) is 5.13 Å². The number of fused-ring (bicyclic) bond motifs is 3. The van der Waals surface area contributed by atoms with Gasteiger partial charge < -0.3 is 4.74 Å². The smallest absolute Gasteiger partial charge is 0.291 e. The van der Waals surface area contributed by atoms with Gasteiger partial charge in [-0.2, -0.15) is 4.98 Å². The van der Waals surface area contributed by atoms with E-state index in [4.69, 9.17) is 4.74 Å². The number of amidine groups is 1. The topological polar surface area (TPSA) is 75.5 Å². The van der Waals surface area contributed by atoms with Crippen LogP contribution in [0.2, 0.25) is 0 Å². The number of piperidine rings is 3. The highest BCUT2D eigenvalue weighted by Crippen LogP contribution is 2.41. The molecule has 1 N–H and O–H groups in total. The van der Waals surface area contributed by atoms with Crippen molar-refractivity contribution < 1.29 is 4.74 Å². The lowest BCUT2D eigenvalue weighted by molar-refractivity contribution is -0.0829. The highest BCUT2D eigenvalue weighted by Gasteiger charge is 2.51. The lowest BCUT2D eigenvalue weighted by atomic mass is 9.75. The zero-order valence-electron chi connectivity index (χ0n) is 13.4. The minimum absolute atomic E-state index is 0.127. The van der Waals surface area contributed by atoms with Gasteiger partial charge in [0.1, 0.15) is 10.6 Å². The Morgan fingerprint density at radius 1 is 1.38 bits per heavy atom. The minimum atomic E-state index is -0.127. The van der Waals surface area contributed by atoms with Crippen molar-refractivity contribution in [2.24, 2.45) is 10.9 Å². The largest absolute Gasteiger partial charge is 0.455 e. The molecule has 2 bridgehead atoms. The second-order valence-corrected chi connectivity index (χ2v) is 8.33. The van der Waals surface area contributed by atoms with Gasteiger partial charge in [0.2, 0.25) is 0 Å². The summed E-state index contributed by atoms with van der Waals surface area (Å²) in [5.41, 5.74) is 0.536. The van der Waals surface area contributed by atoms with Crippen LogP contribution in [-0.4, -0.2) is 63.9 Å². The number of nitrogens with zero attached hydrogens (tertiary/aromatic N) is 5. The molecule has 0 aromatic carbocycles. The summed E-state index contributed by atoms with van der Waals surface area (Å²) >= 11 is 3.06. The van der Waals surface area contributed by atoms with E-state index in [1.807, 2.05) is 6.26 Å². The van der Waals surface area contributed by atoms with E-state index in [0.717, 1.165) is 28.1 Å². The van der Waals surface area contributed by atoms with Gasteiger partial charge in [-0.1, -0.05) is 11.3 Å².